The van der Waals surface area contributed by atoms with Crippen LogP contribution >= 0.6 is 11.3 Å². The molecule has 0 saturated carbocycles. The molecule has 0 aliphatic carbocycles. The lowest BCUT2D eigenvalue weighted by Gasteiger charge is -2.32. The molecule has 0 saturated heterocycles. The fraction of sp³-hybridized carbons (Fsp3) is 0.286. The van der Waals surface area contributed by atoms with Crippen LogP contribution in [-0.2, 0) is 43.4 Å². The number of thiazole rings is 1. The maximum absolute atomic E-state index is 15.3. The Bertz CT molecular complexity index is 2290. The first-order chi connectivity index (χ1) is 26.4. The molecule has 0 fully saturated rings. The van der Waals surface area contributed by atoms with Crippen molar-refractivity contribution in [3.8, 4) is 17.3 Å². The minimum atomic E-state index is -4.92. The van der Waals surface area contributed by atoms with E-state index in [1.54, 1.807) is 62.7 Å². The van der Waals surface area contributed by atoms with E-state index in [4.69, 9.17) is 37.2 Å². The number of ether oxygens (including phenoxy) is 2. The van der Waals surface area contributed by atoms with Gasteiger partial charge in [-0.05, 0) is 43.4 Å². The lowest BCUT2D eigenvalue weighted by atomic mass is 9.82. The molecule has 3 aromatic heterocycles. The Morgan fingerprint density at radius 3 is 2.55 bits per heavy atom. The molecule has 296 valence electrons. The van der Waals surface area contributed by atoms with Crippen molar-refractivity contribution in [1.29, 1.82) is 5.26 Å². The lowest BCUT2D eigenvalue weighted by molar-refractivity contribution is -0.753. The van der Waals surface area contributed by atoms with E-state index in [0.29, 0.717) is 21.8 Å². The van der Waals surface area contributed by atoms with Gasteiger partial charge < -0.3 is 24.4 Å². The Kier molecular flexibility index (Phi) is 14.4. The molecule has 0 spiro atoms. The molecule has 56 heavy (non-hydrogen) atoms. The highest BCUT2D eigenvalue weighted by Crippen LogP contribution is 2.41. The van der Waals surface area contributed by atoms with Crippen LogP contribution in [0.3, 0.4) is 0 Å². The molecular formula is C35H36F2N8O9S2. The number of hydrogen-bond donors (Lipinski definition) is 3. The number of halogens is 2. The number of pyridine rings is 1. The highest BCUT2D eigenvalue weighted by Gasteiger charge is 2.43. The van der Waals surface area contributed by atoms with Crippen LogP contribution in [0.5, 0.6) is 0 Å². The second-order valence-corrected chi connectivity index (χ2v) is 13.8. The van der Waals surface area contributed by atoms with Gasteiger partial charge in [-0.3, -0.25) is 14.2 Å². The molecule has 3 heterocycles. The zero-order chi connectivity index (χ0) is 41.2. The third-order valence-corrected chi connectivity index (χ3v) is 9.20. The SMILES string of the molecule is CNCC(=O)OCc1cccnc1N(C)C(=O)OC(C)[n+]1cnn(C[C@@](O)(c2cc(F)ccc2F)[C@@H](C)c2nc(-c3ccc(C#N)cc3)cs2)c1.O=S(=O)([O-])O. The van der Waals surface area contributed by atoms with Crippen LogP contribution in [0.4, 0.5) is 19.4 Å². The number of nitrogens with zero attached hydrogens (tertiary/aromatic N) is 7. The van der Waals surface area contributed by atoms with Gasteiger partial charge in [-0.1, -0.05) is 25.1 Å². The van der Waals surface area contributed by atoms with Gasteiger partial charge >= 0.3 is 12.1 Å². The van der Waals surface area contributed by atoms with Crippen LogP contribution in [0.1, 0.15) is 47.7 Å². The van der Waals surface area contributed by atoms with Crippen molar-refractivity contribution in [1.82, 2.24) is 25.1 Å². The first-order valence-corrected chi connectivity index (χ1v) is 18.6. The molecule has 1 amide bonds. The summed E-state index contributed by atoms with van der Waals surface area (Å²) in [6.07, 6.45) is 2.65. The van der Waals surface area contributed by atoms with Crippen LogP contribution in [-0.4, -0.2) is 75.1 Å². The molecule has 0 aliphatic heterocycles. The molecule has 0 bridgehead atoms. The summed E-state index contributed by atoms with van der Waals surface area (Å²) >= 11 is 1.25. The largest absolute Gasteiger partial charge is 0.726 e. The van der Waals surface area contributed by atoms with E-state index in [2.05, 4.69) is 21.5 Å². The third-order valence-electron chi connectivity index (χ3n) is 8.18. The van der Waals surface area contributed by atoms with Crippen LogP contribution in [0.2, 0.25) is 0 Å². The maximum atomic E-state index is 15.3. The second-order valence-electron chi connectivity index (χ2n) is 12.1. The van der Waals surface area contributed by atoms with Gasteiger partial charge in [0.15, 0.2) is 0 Å². The number of nitriles is 1. The molecular weight excluding hydrogens is 779 g/mol. The molecule has 5 aromatic rings. The maximum Gasteiger partial charge on any atom is 0.418 e. The number of benzene rings is 2. The zero-order valence-corrected chi connectivity index (χ0v) is 31.9. The number of rotatable bonds is 13. The third kappa shape index (κ3) is 11.4. The number of aliphatic hydroxyl groups is 1. The normalized spacial score (nSPS) is 13.3. The molecule has 3 atom stereocenters. The number of esters is 1. The van der Waals surface area contributed by atoms with Crippen LogP contribution < -0.4 is 14.8 Å². The van der Waals surface area contributed by atoms with Gasteiger partial charge in [0.05, 0.1) is 28.9 Å². The topological polar surface area (TPSA) is 237 Å². The van der Waals surface area contributed by atoms with E-state index < -0.39 is 51.8 Å². The van der Waals surface area contributed by atoms with E-state index in [1.165, 1.54) is 51.4 Å². The Balaban J connectivity index is 0.00000131. The summed E-state index contributed by atoms with van der Waals surface area (Å²) in [4.78, 5) is 35.1. The number of aromatic nitrogens is 5. The number of nitrogens with one attached hydrogen (secondary N) is 1. The highest BCUT2D eigenvalue weighted by molar-refractivity contribution is 7.79. The van der Waals surface area contributed by atoms with Crippen molar-refractivity contribution in [3.05, 3.63) is 112 Å². The Labute approximate surface area is 324 Å². The zero-order valence-electron chi connectivity index (χ0n) is 30.2. The van der Waals surface area contributed by atoms with Gasteiger partial charge in [-0.2, -0.15) is 9.83 Å². The fourth-order valence-corrected chi connectivity index (χ4v) is 6.22. The summed E-state index contributed by atoms with van der Waals surface area (Å²) in [6, 6.07) is 15.1. The van der Waals surface area contributed by atoms with Crippen molar-refractivity contribution in [3.63, 3.8) is 0 Å². The number of carbonyl (C=O) groups is 2. The molecule has 0 radical (unpaired) electrons. The fourth-order valence-electron chi connectivity index (χ4n) is 5.25. The molecule has 0 aliphatic rings. The Morgan fingerprint density at radius 2 is 1.89 bits per heavy atom. The van der Waals surface area contributed by atoms with Crippen molar-refractivity contribution in [2.24, 2.45) is 0 Å². The molecule has 17 nitrogen and oxygen atoms in total. The Hall–Kier alpha value is -5.76. The average molecular weight is 815 g/mol. The van der Waals surface area contributed by atoms with Gasteiger partial charge in [0.2, 0.25) is 23.0 Å². The van der Waals surface area contributed by atoms with Gasteiger partial charge in [0, 0.05) is 53.3 Å². The molecule has 1 unspecified atom stereocenters. The van der Waals surface area contributed by atoms with Crippen molar-refractivity contribution in [2.45, 2.75) is 44.7 Å². The summed E-state index contributed by atoms with van der Waals surface area (Å²) in [5, 5.41) is 30.6. The number of carbonyl (C=O) groups excluding carboxylic acids is 2. The summed E-state index contributed by atoms with van der Waals surface area (Å²) in [7, 11) is -1.84. The summed E-state index contributed by atoms with van der Waals surface area (Å²) in [5.41, 5.74) is 0.000750. The van der Waals surface area contributed by atoms with Gasteiger partial charge in [0.1, 0.15) is 36.2 Å². The van der Waals surface area contributed by atoms with Gasteiger partial charge in [-0.25, -0.2) is 32.0 Å². The van der Waals surface area contributed by atoms with E-state index in [9.17, 15) is 19.1 Å². The smallest absolute Gasteiger partial charge is 0.418 e. The van der Waals surface area contributed by atoms with Crippen molar-refractivity contribution >= 4 is 39.6 Å². The second kappa shape index (κ2) is 18.7. The van der Waals surface area contributed by atoms with Crippen molar-refractivity contribution in [2.75, 3.05) is 25.5 Å². The summed E-state index contributed by atoms with van der Waals surface area (Å²) in [5.74, 6) is -2.64. The van der Waals surface area contributed by atoms with Crippen molar-refractivity contribution < 1.29 is 55.0 Å². The summed E-state index contributed by atoms with van der Waals surface area (Å²) in [6.45, 7) is 2.85. The average Bonchev–Trinajstić information content (AvgIpc) is 3.84. The minimum Gasteiger partial charge on any atom is -0.726 e. The molecule has 21 heteroatoms. The quantitative estimate of drug-likeness (QED) is 0.0667. The van der Waals surface area contributed by atoms with Crippen LogP contribution in [0, 0.1) is 23.0 Å². The van der Waals surface area contributed by atoms with Crippen LogP contribution in [0.25, 0.3) is 11.3 Å². The lowest BCUT2D eigenvalue weighted by Crippen LogP contribution is -2.42. The van der Waals surface area contributed by atoms with Crippen LogP contribution in [0.15, 0.2) is 78.8 Å². The predicted molar refractivity (Wildman–Crippen MR) is 193 cm³/mol. The number of amides is 1. The highest BCUT2D eigenvalue weighted by atomic mass is 32.3. The number of likely N-dealkylation sites (N-methyl/N-ethyl adjacent to an activating group) is 1. The van der Waals surface area contributed by atoms with E-state index in [-0.39, 0.29) is 31.1 Å². The van der Waals surface area contributed by atoms with E-state index >= 15 is 4.39 Å². The Morgan fingerprint density at radius 1 is 1.20 bits per heavy atom. The van der Waals surface area contributed by atoms with Gasteiger partial charge in [0.25, 0.3) is 6.33 Å². The predicted octanol–water partition coefficient (Wildman–Crippen LogP) is 3.59. The van der Waals surface area contributed by atoms with E-state index in [0.717, 1.165) is 23.8 Å². The van der Waals surface area contributed by atoms with Gasteiger partial charge in [-0.15, -0.1) is 16.0 Å². The first-order valence-electron chi connectivity index (χ1n) is 16.4. The molecule has 2 aromatic carbocycles. The number of anilines is 1. The number of hydrogen-bond acceptors (Lipinski definition) is 14. The monoisotopic (exact) mass is 814 g/mol. The summed E-state index contributed by atoms with van der Waals surface area (Å²) < 4.78 is 76.4. The minimum absolute atomic E-state index is 0.0229. The molecule has 5 rings (SSSR count). The van der Waals surface area contributed by atoms with E-state index in [1.807, 2.05) is 0 Å². The first kappa shape index (κ1) is 43.0. The standard InChI is InChI=1S/C35H35F2N8O5S.H2O4S/c1-22(33-42-30(18-51-33)25-9-7-24(15-38)8-10-25)35(48,28-14-27(36)11-12-29(28)37)19-45-21-44(20-41-45)23(2)50-34(47)43(4)32-26(6-5-13-40-32)17-49-31(46)16-39-3;1-5(2,3)4/h5-14,18,20-23,39,48H,16-17,19H2,1-4H3;(H2,1,2,3,4)/q+1;/p-1/t22-,23?,35-;/m0./s1. The molecule has 3 N–H and O–H groups in total.